The average Bonchev–Trinajstić information content (AvgIpc) is 3.63. The van der Waals surface area contributed by atoms with E-state index in [1.54, 1.807) is 83.4 Å². The number of carbonyl (C=O) groups is 2. The maximum atomic E-state index is 14.3. The lowest BCUT2D eigenvalue weighted by Crippen LogP contribution is -2.44. The number of para-hydroxylation sites is 3. The summed E-state index contributed by atoms with van der Waals surface area (Å²) in [5, 5.41) is 41.1. The molecule has 7 rings (SSSR count). The van der Waals surface area contributed by atoms with E-state index in [0.29, 0.717) is 64.8 Å². The number of hydrogen-bond donors (Lipinski definition) is 2. The number of fused-ring (bicyclic) bond motifs is 3. The van der Waals surface area contributed by atoms with Crippen molar-refractivity contribution >= 4 is 34.6 Å². The first-order chi connectivity index (χ1) is 24.7. The Bertz CT molecular complexity index is 2180. The summed E-state index contributed by atoms with van der Waals surface area (Å²) >= 11 is 0. The molecule has 0 bridgehead atoms. The first-order valence-corrected chi connectivity index (χ1v) is 16.5. The highest BCUT2D eigenvalue weighted by Crippen LogP contribution is 2.48. The SMILES string of the molecule is C[C@H](/C=C/CCn1cc(CCO)nn1)[C@@]1(O)C(=O)N(Cc2cccc(N3C(=O)c4ccccc4Oc4ccccc43)c2)c2ccc([N+](=O)[O-])cc21. The van der Waals surface area contributed by atoms with Crippen molar-refractivity contribution in [3.8, 4) is 11.5 Å². The van der Waals surface area contributed by atoms with Crippen molar-refractivity contribution < 1.29 is 29.5 Å². The van der Waals surface area contributed by atoms with Gasteiger partial charge in [0.25, 0.3) is 17.5 Å². The number of ether oxygens (including phenoxy) is 1. The molecular formula is C38H34N6O7. The first kappa shape index (κ1) is 33.3. The fourth-order valence-corrected chi connectivity index (χ4v) is 6.57. The highest BCUT2D eigenvalue weighted by Gasteiger charge is 2.53. The molecule has 1 aromatic heterocycles. The molecule has 2 aliphatic heterocycles. The number of aliphatic hydroxyl groups excluding tert-OH is 1. The summed E-state index contributed by atoms with van der Waals surface area (Å²) in [6, 6.07) is 25.5. The van der Waals surface area contributed by atoms with Gasteiger partial charge in [-0.05, 0) is 54.4 Å². The van der Waals surface area contributed by atoms with Gasteiger partial charge in [-0.15, -0.1) is 5.10 Å². The Hall–Kier alpha value is -6.18. The molecule has 2 aliphatic rings. The van der Waals surface area contributed by atoms with Crippen LogP contribution in [-0.4, -0.2) is 48.6 Å². The maximum Gasteiger partial charge on any atom is 0.269 e. The Morgan fingerprint density at radius 3 is 2.57 bits per heavy atom. The number of aliphatic hydroxyl groups is 2. The largest absolute Gasteiger partial charge is 0.454 e. The van der Waals surface area contributed by atoms with Crippen LogP contribution in [0.3, 0.4) is 0 Å². The molecule has 0 fully saturated rings. The molecule has 0 saturated carbocycles. The molecule has 0 spiro atoms. The maximum absolute atomic E-state index is 14.3. The van der Waals surface area contributed by atoms with E-state index in [2.05, 4.69) is 10.3 Å². The van der Waals surface area contributed by atoms with Crippen LogP contribution >= 0.6 is 0 Å². The summed E-state index contributed by atoms with van der Waals surface area (Å²) in [5.74, 6) is -0.716. The van der Waals surface area contributed by atoms with E-state index in [1.807, 2.05) is 24.3 Å². The van der Waals surface area contributed by atoms with Crippen molar-refractivity contribution in [3.05, 3.63) is 142 Å². The number of hydrogen-bond acceptors (Lipinski definition) is 9. The third-order valence-corrected chi connectivity index (χ3v) is 9.18. The molecule has 3 heterocycles. The normalized spacial score (nSPS) is 17.2. The van der Waals surface area contributed by atoms with Gasteiger partial charge in [-0.2, -0.15) is 0 Å². The number of benzene rings is 4. The predicted molar refractivity (Wildman–Crippen MR) is 188 cm³/mol. The third kappa shape index (κ3) is 6.13. The monoisotopic (exact) mass is 686 g/mol. The molecule has 2 N–H and O–H groups in total. The minimum absolute atomic E-state index is 0.0233. The fraction of sp³-hybridized carbons (Fsp3) is 0.211. The Morgan fingerprint density at radius 2 is 1.76 bits per heavy atom. The molecule has 51 heavy (non-hydrogen) atoms. The Morgan fingerprint density at radius 1 is 0.980 bits per heavy atom. The minimum atomic E-state index is -2.09. The van der Waals surface area contributed by atoms with Crippen LogP contribution < -0.4 is 14.5 Å². The van der Waals surface area contributed by atoms with Crippen LogP contribution in [0, 0.1) is 16.0 Å². The topological polar surface area (TPSA) is 164 Å². The number of aromatic nitrogens is 3. The van der Waals surface area contributed by atoms with Crippen molar-refractivity contribution in [2.75, 3.05) is 16.4 Å². The molecule has 13 heteroatoms. The van der Waals surface area contributed by atoms with Gasteiger partial charge in [0.15, 0.2) is 11.4 Å². The molecule has 5 aromatic rings. The van der Waals surface area contributed by atoms with Crippen LogP contribution in [0.4, 0.5) is 22.7 Å². The second kappa shape index (κ2) is 13.6. The quantitative estimate of drug-likeness (QED) is 0.0990. The lowest BCUT2D eigenvalue weighted by molar-refractivity contribution is -0.385. The molecule has 0 saturated heterocycles. The summed E-state index contributed by atoms with van der Waals surface area (Å²) in [5.41, 5.74) is 0.994. The van der Waals surface area contributed by atoms with Gasteiger partial charge < -0.3 is 19.8 Å². The highest BCUT2D eigenvalue weighted by atomic mass is 16.6. The van der Waals surface area contributed by atoms with Gasteiger partial charge in [-0.25, -0.2) is 0 Å². The number of non-ortho nitro benzene ring substituents is 1. The number of amides is 2. The zero-order valence-electron chi connectivity index (χ0n) is 27.6. The number of anilines is 3. The Balaban J connectivity index is 1.18. The van der Waals surface area contributed by atoms with Gasteiger partial charge in [-0.1, -0.05) is 60.7 Å². The van der Waals surface area contributed by atoms with Crippen molar-refractivity contribution in [2.24, 2.45) is 5.92 Å². The van der Waals surface area contributed by atoms with Crippen LogP contribution in [-0.2, 0) is 29.9 Å². The number of nitro groups is 1. The van der Waals surface area contributed by atoms with E-state index in [1.165, 1.54) is 23.1 Å². The molecule has 0 unspecified atom stereocenters. The van der Waals surface area contributed by atoms with Crippen molar-refractivity contribution in [2.45, 2.75) is 38.5 Å². The van der Waals surface area contributed by atoms with Gasteiger partial charge in [0, 0.05) is 55.1 Å². The number of allylic oxidation sites excluding steroid dienone is 1. The minimum Gasteiger partial charge on any atom is -0.454 e. The lowest BCUT2D eigenvalue weighted by atomic mass is 9.82. The fourth-order valence-electron chi connectivity index (χ4n) is 6.57. The molecular weight excluding hydrogens is 652 g/mol. The third-order valence-electron chi connectivity index (χ3n) is 9.18. The van der Waals surface area contributed by atoms with E-state index in [0.717, 1.165) is 0 Å². The number of aryl methyl sites for hydroxylation is 1. The molecule has 0 radical (unpaired) electrons. The van der Waals surface area contributed by atoms with Crippen LogP contribution in [0.5, 0.6) is 11.5 Å². The summed E-state index contributed by atoms with van der Waals surface area (Å²) < 4.78 is 7.79. The van der Waals surface area contributed by atoms with Crippen molar-refractivity contribution in [1.29, 1.82) is 0 Å². The second-order valence-corrected chi connectivity index (χ2v) is 12.4. The van der Waals surface area contributed by atoms with Crippen molar-refractivity contribution in [3.63, 3.8) is 0 Å². The number of nitro benzene ring substituents is 1. The van der Waals surface area contributed by atoms with Crippen LogP contribution in [0.1, 0.15) is 40.5 Å². The molecule has 13 nitrogen and oxygen atoms in total. The standard InChI is InChI=1S/C38H34N6O7/c1-25(9-6-7-19-41-24-27(18-20-45)39-40-41)38(48)31-22-29(44(49)50)16-17-32(31)42(37(38)47)23-26-10-8-11-28(21-26)43-33-13-3-5-15-35(33)51-34-14-4-2-12-30(34)36(43)46/h2-6,8-17,21-22,24-25,45,48H,7,18-20,23H2,1H3/b9-6+/t25-,38+/m1/s1. The Kier molecular flexibility index (Phi) is 8.90. The first-order valence-electron chi connectivity index (χ1n) is 16.5. The zero-order chi connectivity index (χ0) is 35.7. The van der Waals surface area contributed by atoms with Gasteiger partial charge in [-0.3, -0.25) is 29.3 Å². The molecule has 4 aromatic carbocycles. The van der Waals surface area contributed by atoms with E-state index in [9.17, 15) is 24.8 Å². The highest BCUT2D eigenvalue weighted by molar-refractivity contribution is 6.14. The van der Waals surface area contributed by atoms with E-state index in [4.69, 9.17) is 9.84 Å². The zero-order valence-corrected chi connectivity index (χ0v) is 27.6. The summed E-state index contributed by atoms with van der Waals surface area (Å²) in [6.07, 6.45) is 6.21. The van der Waals surface area contributed by atoms with Crippen LogP contribution in [0.25, 0.3) is 0 Å². The smallest absolute Gasteiger partial charge is 0.269 e. The molecule has 2 atom stereocenters. The van der Waals surface area contributed by atoms with Gasteiger partial charge in [0.05, 0.1) is 34.1 Å². The lowest BCUT2D eigenvalue weighted by Gasteiger charge is -2.28. The number of nitrogens with zero attached hydrogens (tertiary/aromatic N) is 6. The van der Waals surface area contributed by atoms with Crippen LogP contribution in [0.2, 0.25) is 0 Å². The average molecular weight is 687 g/mol. The van der Waals surface area contributed by atoms with E-state index < -0.39 is 22.3 Å². The molecule has 2 amide bonds. The van der Waals surface area contributed by atoms with Crippen molar-refractivity contribution in [1.82, 2.24) is 15.0 Å². The number of rotatable bonds is 11. The number of carbonyl (C=O) groups excluding carboxylic acids is 2. The van der Waals surface area contributed by atoms with Gasteiger partial charge >= 0.3 is 0 Å². The second-order valence-electron chi connectivity index (χ2n) is 12.4. The van der Waals surface area contributed by atoms with E-state index in [-0.39, 0.29) is 30.3 Å². The Labute approximate surface area is 292 Å². The predicted octanol–water partition coefficient (Wildman–Crippen LogP) is 5.82. The summed E-state index contributed by atoms with van der Waals surface area (Å²) in [6.45, 7) is 2.18. The molecule has 258 valence electrons. The molecule has 0 aliphatic carbocycles. The summed E-state index contributed by atoms with van der Waals surface area (Å²) in [7, 11) is 0. The summed E-state index contributed by atoms with van der Waals surface area (Å²) in [4.78, 5) is 42.5. The van der Waals surface area contributed by atoms with Gasteiger partial charge in [0.1, 0.15) is 5.75 Å². The van der Waals surface area contributed by atoms with Crippen LogP contribution in [0.15, 0.2) is 109 Å². The van der Waals surface area contributed by atoms with Gasteiger partial charge in [0.2, 0.25) is 0 Å². The van der Waals surface area contributed by atoms with E-state index >= 15 is 0 Å².